The number of carboxylic acids is 1. The third kappa shape index (κ3) is 4.12. The van der Waals surface area contributed by atoms with Gasteiger partial charge >= 0.3 is 5.97 Å². The van der Waals surface area contributed by atoms with Crippen LogP contribution in [0.2, 0.25) is 5.02 Å². The van der Waals surface area contributed by atoms with Crippen molar-refractivity contribution in [3.8, 4) is 28.5 Å². The maximum absolute atomic E-state index is 13.8. The number of ether oxygens (including phenoxy) is 1. The fourth-order valence-electron chi connectivity index (χ4n) is 2.17. The maximum Gasteiger partial charge on any atom is 0.341 e. The first-order valence-electron chi connectivity index (χ1n) is 7.37. The Bertz CT molecular complexity index is 965. The third-order valence-corrected chi connectivity index (χ3v) is 3.67. The average Bonchev–Trinajstić information content (AvgIpc) is 2.62. The van der Waals surface area contributed by atoms with E-state index in [4.69, 9.17) is 21.4 Å². The summed E-state index contributed by atoms with van der Waals surface area (Å²) in [6.07, 6.45) is 0. The molecule has 5 nitrogen and oxygen atoms in total. The summed E-state index contributed by atoms with van der Waals surface area (Å²) in [5.74, 6) is -2.05. The molecule has 0 aliphatic carbocycles. The number of halogens is 3. The molecular formula is C18H11ClF2N2O3. The largest absolute Gasteiger partial charge is 0.479 e. The van der Waals surface area contributed by atoms with E-state index in [9.17, 15) is 13.6 Å². The van der Waals surface area contributed by atoms with Gasteiger partial charge in [0.15, 0.2) is 12.4 Å². The number of hydrogen-bond donors (Lipinski definition) is 1. The number of carboxylic acid groups (broad SMARTS) is 1. The number of aliphatic carboxylic acids is 1. The molecule has 0 spiro atoms. The Morgan fingerprint density at radius 3 is 2.38 bits per heavy atom. The molecule has 3 aromatic rings. The summed E-state index contributed by atoms with van der Waals surface area (Å²) < 4.78 is 32.0. The Morgan fingerprint density at radius 1 is 1.04 bits per heavy atom. The predicted molar refractivity (Wildman–Crippen MR) is 91.0 cm³/mol. The van der Waals surface area contributed by atoms with Crippen molar-refractivity contribution in [3.63, 3.8) is 0 Å². The van der Waals surface area contributed by atoms with Crippen molar-refractivity contribution in [2.45, 2.75) is 0 Å². The molecule has 3 rings (SSSR count). The molecule has 0 saturated heterocycles. The average molecular weight is 377 g/mol. The summed E-state index contributed by atoms with van der Waals surface area (Å²) >= 11 is 5.69. The monoisotopic (exact) mass is 376 g/mol. The highest BCUT2D eigenvalue weighted by molar-refractivity contribution is 6.30. The zero-order valence-corrected chi connectivity index (χ0v) is 13.9. The molecule has 8 heteroatoms. The lowest BCUT2D eigenvalue weighted by atomic mass is 10.1. The zero-order chi connectivity index (χ0) is 18.7. The number of hydrogen-bond acceptors (Lipinski definition) is 4. The molecule has 0 bridgehead atoms. The molecule has 0 fully saturated rings. The fourth-order valence-corrected chi connectivity index (χ4v) is 2.28. The normalized spacial score (nSPS) is 10.6. The van der Waals surface area contributed by atoms with Crippen LogP contribution in [0.3, 0.4) is 0 Å². The highest BCUT2D eigenvalue weighted by atomic mass is 35.5. The number of benzene rings is 2. The Kier molecular flexibility index (Phi) is 5.09. The first-order chi connectivity index (χ1) is 12.4. The second kappa shape index (κ2) is 7.45. The summed E-state index contributed by atoms with van der Waals surface area (Å²) in [5.41, 5.74) is 1.19. The molecule has 0 unspecified atom stereocenters. The molecule has 0 atom stereocenters. The summed E-state index contributed by atoms with van der Waals surface area (Å²) in [4.78, 5) is 19.2. The molecule has 0 radical (unpaired) electrons. The molecular weight excluding hydrogens is 366 g/mol. The highest BCUT2D eigenvalue weighted by Gasteiger charge is 2.12. The van der Waals surface area contributed by atoms with Crippen molar-refractivity contribution in [2.75, 3.05) is 6.61 Å². The molecule has 1 aromatic heterocycles. The van der Waals surface area contributed by atoms with Gasteiger partial charge in [0, 0.05) is 17.2 Å². The van der Waals surface area contributed by atoms with E-state index in [2.05, 4.69) is 9.97 Å². The summed E-state index contributed by atoms with van der Waals surface area (Å²) in [6.45, 7) is -0.603. The SMILES string of the molecule is O=C(O)COc1cc(-c2ccc(Cl)c(F)c2)nc(-c2ccc(F)cc2)n1. The van der Waals surface area contributed by atoms with Gasteiger partial charge < -0.3 is 9.84 Å². The maximum atomic E-state index is 13.8. The van der Waals surface area contributed by atoms with E-state index < -0.39 is 24.2 Å². The van der Waals surface area contributed by atoms with Crippen molar-refractivity contribution < 1.29 is 23.4 Å². The van der Waals surface area contributed by atoms with Crippen LogP contribution < -0.4 is 4.74 Å². The lowest BCUT2D eigenvalue weighted by Gasteiger charge is -2.09. The van der Waals surface area contributed by atoms with Gasteiger partial charge in [-0.25, -0.2) is 18.6 Å². The number of aromatic nitrogens is 2. The standard InChI is InChI=1S/C18H11ClF2N2O3/c19-13-6-3-11(7-14(13)21)15-8-16(26-9-17(24)25)23-18(22-15)10-1-4-12(20)5-2-10/h1-8H,9H2,(H,24,25). The molecule has 26 heavy (non-hydrogen) atoms. The topological polar surface area (TPSA) is 72.3 Å². The van der Waals surface area contributed by atoms with E-state index >= 15 is 0 Å². The van der Waals surface area contributed by atoms with E-state index in [1.165, 1.54) is 42.5 Å². The van der Waals surface area contributed by atoms with Crippen LogP contribution in [0.15, 0.2) is 48.5 Å². The Balaban J connectivity index is 2.08. The van der Waals surface area contributed by atoms with E-state index in [1.54, 1.807) is 6.07 Å². The molecule has 0 saturated carbocycles. The second-order valence-corrected chi connectivity index (χ2v) is 5.64. The Hall–Kier alpha value is -3.06. The van der Waals surface area contributed by atoms with Crippen molar-refractivity contribution in [1.29, 1.82) is 0 Å². The van der Waals surface area contributed by atoms with Gasteiger partial charge in [-0.15, -0.1) is 0 Å². The van der Waals surface area contributed by atoms with Gasteiger partial charge in [-0.1, -0.05) is 17.7 Å². The van der Waals surface area contributed by atoms with Gasteiger partial charge in [0.1, 0.15) is 11.6 Å². The molecule has 1 heterocycles. The smallest absolute Gasteiger partial charge is 0.341 e. The van der Waals surface area contributed by atoms with Gasteiger partial charge in [0.25, 0.3) is 0 Å². The number of carbonyl (C=O) groups is 1. The van der Waals surface area contributed by atoms with Gasteiger partial charge in [0.2, 0.25) is 5.88 Å². The van der Waals surface area contributed by atoms with E-state index in [1.807, 2.05) is 0 Å². The summed E-state index contributed by atoms with van der Waals surface area (Å²) in [7, 11) is 0. The van der Waals surface area contributed by atoms with Crippen LogP contribution in [0.25, 0.3) is 22.6 Å². The molecule has 0 amide bonds. The van der Waals surface area contributed by atoms with Crippen LogP contribution in [-0.2, 0) is 4.79 Å². The highest BCUT2D eigenvalue weighted by Crippen LogP contribution is 2.28. The fraction of sp³-hybridized carbons (Fsp3) is 0.0556. The van der Waals surface area contributed by atoms with Crippen LogP contribution in [0, 0.1) is 11.6 Å². The lowest BCUT2D eigenvalue weighted by molar-refractivity contribution is -0.139. The minimum Gasteiger partial charge on any atom is -0.479 e. The molecule has 0 aliphatic heterocycles. The Labute approximate surface area is 151 Å². The van der Waals surface area contributed by atoms with E-state index in [-0.39, 0.29) is 16.7 Å². The molecule has 0 aliphatic rings. The number of rotatable bonds is 5. The van der Waals surface area contributed by atoms with E-state index in [0.717, 1.165) is 0 Å². The first kappa shape index (κ1) is 17.8. The summed E-state index contributed by atoms with van der Waals surface area (Å²) in [6, 6.07) is 10.9. The minimum atomic E-state index is -1.17. The van der Waals surface area contributed by atoms with Crippen molar-refractivity contribution in [1.82, 2.24) is 9.97 Å². The molecule has 1 N–H and O–H groups in total. The van der Waals surface area contributed by atoms with Crippen LogP contribution in [0.4, 0.5) is 8.78 Å². The van der Waals surface area contributed by atoms with Crippen molar-refractivity contribution in [2.24, 2.45) is 0 Å². The lowest BCUT2D eigenvalue weighted by Crippen LogP contribution is -2.11. The van der Waals surface area contributed by atoms with Gasteiger partial charge in [0.05, 0.1) is 10.7 Å². The van der Waals surface area contributed by atoms with Gasteiger partial charge in [-0.3, -0.25) is 0 Å². The van der Waals surface area contributed by atoms with Gasteiger partial charge in [-0.2, -0.15) is 4.98 Å². The van der Waals surface area contributed by atoms with Crippen LogP contribution in [-0.4, -0.2) is 27.7 Å². The van der Waals surface area contributed by atoms with Crippen molar-refractivity contribution >= 4 is 17.6 Å². The van der Waals surface area contributed by atoms with Crippen LogP contribution >= 0.6 is 11.6 Å². The van der Waals surface area contributed by atoms with Crippen molar-refractivity contribution in [3.05, 3.63) is 65.2 Å². The zero-order valence-electron chi connectivity index (χ0n) is 13.1. The Morgan fingerprint density at radius 2 is 1.73 bits per heavy atom. The van der Waals surface area contributed by atoms with Gasteiger partial charge in [-0.05, 0) is 36.4 Å². The number of nitrogens with zero attached hydrogens (tertiary/aromatic N) is 2. The first-order valence-corrected chi connectivity index (χ1v) is 7.75. The van der Waals surface area contributed by atoms with Crippen LogP contribution in [0.5, 0.6) is 5.88 Å². The second-order valence-electron chi connectivity index (χ2n) is 5.23. The molecule has 132 valence electrons. The van der Waals surface area contributed by atoms with Crippen LogP contribution in [0.1, 0.15) is 0 Å². The minimum absolute atomic E-state index is 0.00733. The molecule has 2 aromatic carbocycles. The van der Waals surface area contributed by atoms with E-state index in [0.29, 0.717) is 16.8 Å². The predicted octanol–water partition coefficient (Wildman–Crippen LogP) is 4.21. The summed E-state index contributed by atoms with van der Waals surface area (Å²) in [5, 5.41) is 8.73. The quantitative estimate of drug-likeness (QED) is 0.722. The third-order valence-electron chi connectivity index (χ3n) is 3.36.